The number of rotatable bonds is 5. The molecule has 17 heavy (non-hydrogen) atoms. The first-order chi connectivity index (χ1) is 7.77. The molecule has 0 spiro atoms. The maximum Gasteiger partial charge on any atom is 0.305 e. The minimum atomic E-state index is -0.665. The van der Waals surface area contributed by atoms with Crippen molar-refractivity contribution < 1.29 is 9.90 Å². The fraction of sp³-hybridized carbons (Fsp3) is 0.929. The van der Waals surface area contributed by atoms with Crippen molar-refractivity contribution in [1.82, 2.24) is 4.90 Å². The van der Waals surface area contributed by atoms with E-state index in [9.17, 15) is 9.90 Å². The second kappa shape index (κ2) is 4.97. The van der Waals surface area contributed by atoms with Crippen molar-refractivity contribution in [2.75, 3.05) is 13.1 Å². The van der Waals surface area contributed by atoms with Crippen LogP contribution in [-0.4, -0.2) is 34.6 Å². The predicted molar refractivity (Wildman–Crippen MR) is 70.1 cm³/mol. The first kappa shape index (κ1) is 14.5. The molecule has 2 atom stereocenters. The summed E-state index contributed by atoms with van der Waals surface area (Å²) in [4.78, 5) is 13.6. The van der Waals surface area contributed by atoms with Crippen molar-refractivity contribution >= 4 is 5.97 Å². The Bertz CT molecular complexity index is 284. The van der Waals surface area contributed by atoms with Crippen LogP contribution in [-0.2, 0) is 4.79 Å². The van der Waals surface area contributed by atoms with Gasteiger partial charge in [-0.15, -0.1) is 0 Å². The Kier molecular flexibility index (Phi) is 4.23. The first-order valence-electron chi connectivity index (χ1n) is 6.74. The Balaban J connectivity index is 3.06. The first-order valence-corrected chi connectivity index (χ1v) is 6.74. The van der Waals surface area contributed by atoms with Crippen LogP contribution < -0.4 is 0 Å². The molecule has 1 rings (SSSR count). The summed E-state index contributed by atoms with van der Waals surface area (Å²) in [7, 11) is 0. The summed E-state index contributed by atoms with van der Waals surface area (Å²) in [5.74, 6) is -0.213. The number of carboxylic acid groups (broad SMARTS) is 1. The van der Waals surface area contributed by atoms with Crippen molar-refractivity contribution in [2.45, 2.75) is 59.4 Å². The van der Waals surface area contributed by atoms with Gasteiger partial charge in [0.1, 0.15) is 0 Å². The molecule has 2 unspecified atom stereocenters. The molecule has 3 nitrogen and oxygen atoms in total. The van der Waals surface area contributed by atoms with E-state index < -0.39 is 5.97 Å². The van der Waals surface area contributed by atoms with Gasteiger partial charge in [-0.1, -0.05) is 34.6 Å². The molecular weight excluding hydrogens is 214 g/mol. The third kappa shape index (κ3) is 2.82. The maximum absolute atomic E-state index is 11.2. The summed E-state index contributed by atoms with van der Waals surface area (Å²) < 4.78 is 0. The lowest BCUT2D eigenvalue weighted by Gasteiger charge is -2.43. The van der Waals surface area contributed by atoms with Gasteiger partial charge >= 0.3 is 5.97 Å². The molecule has 3 heteroatoms. The van der Waals surface area contributed by atoms with Crippen molar-refractivity contribution in [1.29, 1.82) is 0 Å². The van der Waals surface area contributed by atoms with E-state index in [4.69, 9.17) is 0 Å². The van der Waals surface area contributed by atoms with Crippen LogP contribution in [0.1, 0.15) is 53.9 Å². The molecule has 1 aliphatic rings. The standard InChI is InChI=1S/C14H27NO2/c1-6-15(7-2)14(9-12(16)17)10-13(4,5)8-11(14)3/h11H,6-10H2,1-5H3,(H,16,17). The number of carbonyl (C=O) groups is 1. The van der Waals surface area contributed by atoms with Gasteiger partial charge in [0.05, 0.1) is 6.42 Å². The van der Waals surface area contributed by atoms with Gasteiger partial charge in [0.2, 0.25) is 0 Å². The molecule has 0 aromatic rings. The number of hydrogen-bond acceptors (Lipinski definition) is 2. The van der Waals surface area contributed by atoms with E-state index in [0.29, 0.717) is 5.92 Å². The van der Waals surface area contributed by atoms with E-state index >= 15 is 0 Å². The molecule has 0 radical (unpaired) electrons. The van der Waals surface area contributed by atoms with Gasteiger partial charge in [-0.3, -0.25) is 9.69 Å². The fourth-order valence-electron chi connectivity index (χ4n) is 3.98. The van der Waals surface area contributed by atoms with Gasteiger partial charge < -0.3 is 5.11 Å². The van der Waals surface area contributed by atoms with Crippen LogP contribution in [0.25, 0.3) is 0 Å². The second-order valence-corrected chi connectivity index (χ2v) is 6.29. The summed E-state index contributed by atoms with van der Waals surface area (Å²) >= 11 is 0. The zero-order valence-corrected chi connectivity index (χ0v) is 11.9. The minimum Gasteiger partial charge on any atom is -0.481 e. The molecule has 0 aromatic carbocycles. The average Bonchev–Trinajstić information content (AvgIpc) is 2.37. The maximum atomic E-state index is 11.2. The molecule has 100 valence electrons. The highest BCUT2D eigenvalue weighted by Gasteiger charge is 2.52. The largest absolute Gasteiger partial charge is 0.481 e. The van der Waals surface area contributed by atoms with Crippen LogP contribution in [0.4, 0.5) is 0 Å². The van der Waals surface area contributed by atoms with E-state index in [0.717, 1.165) is 25.9 Å². The molecule has 0 saturated heterocycles. The zero-order chi connectivity index (χ0) is 13.3. The van der Waals surface area contributed by atoms with E-state index in [-0.39, 0.29) is 17.4 Å². The Hall–Kier alpha value is -0.570. The monoisotopic (exact) mass is 241 g/mol. The van der Waals surface area contributed by atoms with Gasteiger partial charge in [0.25, 0.3) is 0 Å². The van der Waals surface area contributed by atoms with Crippen molar-refractivity contribution in [3.05, 3.63) is 0 Å². The molecule has 0 bridgehead atoms. The Morgan fingerprint density at radius 1 is 1.35 bits per heavy atom. The predicted octanol–water partition coefficient (Wildman–Crippen LogP) is 3.00. The molecule has 0 aliphatic heterocycles. The molecule has 1 fully saturated rings. The van der Waals surface area contributed by atoms with Gasteiger partial charge in [-0.25, -0.2) is 0 Å². The fourth-order valence-corrected chi connectivity index (χ4v) is 3.98. The zero-order valence-electron chi connectivity index (χ0n) is 11.9. The average molecular weight is 241 g/mol. The lowest BCUT2D eigenvalue weighted by atomic mass is 9.81. The summed E-state index contributed by atoms with van der Waals surface area (Å²) in [5, 5.41) is 9.24. The highest BCUT2D eigenvalue weighted by molar-refractivity contribution is 5.68. The minimum absolute atomic E-state index is 0.140. The third-order valence-corrected chi connectivity index (χ3v) is 4.41. The Morgan fingerprint density at radius 2 is 1.88 bits per heavy atom. The highest BCUT2D eigenvalue weighted by Crippen LogP contribution is 2.51. The second-order valence-electron chi connectivity index (χ2n) is 6.29. The molecule has 0 amide bonds. The van der Waals surface area contributed by atoms with Crippen LogP contribution in [0.5, 0.6) is 0 Å². The van der Waals surface area contributed by atoms with E-state index in [1.165, 1.54) is 0 Å². The van der Waals surface area contributed by atoms with Crippen molar-refractivity contribution in [2.24, 2.45) is 11.3 Å². The van der Waals surface area contributed by atoms with E-state index in [1.54, 1.807) is 0 Å². The number of nitrogens with zero attached hydrogens (tertiary/aromatic N) is 1. The number of carboxylic acids is 1. The normalized spacial score (nSPS) is 32.0. The summed E-state index contributed by atoms with van der Waals surface area (Å²) in [6.45, 7) is 12.9. The molecule has 0 heterocycles. The van der Waals surface area contributed by atoms with Crippen molar-refractivity contribution in [3.8, 4) is 0 Å². The van der Waals surface area contributed by atoms with E-state index in [2.05, 4.69) is 39.5 Å². The van der Waals surface area contributed by atoms with Gasteiger partial charge in [0, 0.05) is 5.54 Å². The van der Waals surface area contributed by atoms with Gasteiger partial charge in [0.15, 0.2) is 0 Å². The van der Waals surface area contributed by atoms with Crippen molar-refractivity contribution in [3.63, 3.8) is 0 Å². The highest BCUT2D eigenvalue weighted by atomic mass is 16.4. The molecule has 1 saturated carbocycles. The molecular formula is C14H27NO2. The molecule has 1 aliphatic carbocycles. The summed E-state index contributed by atoms with van der Waals surface area (Å²) in [6.07, 6.45) is 2.39. The van der Waals surface area contributed by atoms with Gasteiger partial charge in [-0.2, -0.15) is 0 Å². The lowest BCUT2D eigenvalue weighted by molar-refractivity contribution is -0.141. The third-order valence-electron chi connectivity index (χ3n) is 4.41. The lowest BCUT2D eigenvalue weighted by Crippen LogP contribution is -2.52. The molecule has 0 aromatic heterocycles. The summed E-state index contributed by atoms with van der Waals surface area (Å²) in [6, 6.07) is 0. The number of hydrogen-bond donors (Lipinski definition) is 1. The SMILES string of the molecule is CCN(CC)C1(CC(=O)O)CC(C)(C)CC1C. The van der Waals surface area contributed by atoms with Crippen LogP contribution in [0.15, 0.2) is 0 Å². The van der Waals surface area contributed by atoms with Gasteiger partial charge in [-0.05, 0) is 37.3 Å². The topological polar surface area (TPSA) is 40.5 Å². The summed E-state index contributed by atoms with van der Waals surface area (Å²) in [5.41, 5.74) is 0.121. The van der Waals surface area contributed by atoms with Crippen LogP contribution in [0, 0.1) is 11.3 Å². The van der Waals surface area contributed by atoms with E-state index in [1.807, 2.05) is 0 Å². The van der Waals surface area contributed by atoms with Crippen LogP contribution in [0.2, 0.25) is 0 Å². The smallest absolute Gasteiger partial charge is 0.305 e. The quantitative estimate of drug-likeness (QED) is 0.804. The Morgan fingerprint density at radius 3 is 2.18 bits per heavy atom. The number of aliphatic carboxylic acids is 1. The van der Waals surface area contributed by atoms with Crippen LogP contribution >= 0.6 is 0 Å². The molecule has 1 N–H and O–H groups in total. The van der Waals surface area contributed by atoms with Crippen LogP contribution in [0.3, 0.4) is 0 Å². The Labute approximate surface area is 105 Å².